The summed E-state index contributed by atoms with van der Waals surface area (Å²) < 4.78 is 36.7. The number of halogens is 1. The Morgan fingerprint density at radius 2 is 1.70 bits per heavy atom. The molecular weight excluding hydrogens is 876 g/mol. The Morgan fingerprint density at radius 1 is 0.970 bits per heavy atom. The molecule has 0 radical (unpaired) electrons. The number of hydrogen-bond donors (Lipinski definition) is 6. The monoisotopic (exact) mass is 950 g/mol. The van der Waals surface area contributed by atoms with Crippen LogP contribution in [0.25, 0.3) is 0 Å². The van der Waals surface area contributed by atoms with E-state index < -0.39 is 102 Å². The molecule has 66 heavy (non-hydrogen) atoms. The van der Waals surface area contributed by atoms with Gasteiger partial charge in [-0.05, 0) is 82.6 Å². The number of hydrogen-bond acceptors (Lipinski definition) is 15. The third-order valence-corrected chi connectivity index (χ3v) is 14.0. The number of rotatable bonds is 7. The number of esters is 3. The lowest BCUT2D eigenvalue weighted by Gasteiger charge is -2.51. The van der Waals surface area contributed by atoms with Crippen molar-refractivity contribution in [2.24, 2.45) is 23.7 Å². The topological polar surface area (TPSA) is 228 Å². The highest BCUT2D eigenvalue weighted by molar-refractivity contribution is 6.30. The lowest BCUT2D eigenvalue weighted by molar-refractivity contribution is -0.343. The zero-order chi connectivity index (χ0) is 48.4. The minimum absolute atomic E-state index is 0.00833. The third-order valence-electron chi connectivity index (χ3n) is 13.8. The van der Waals surface area contributed by atoms with Gasteiger partial charge in [0, 0.05) is 62.3 Å². The quantitative estimate of drug-likeness (QED) is 0.0756. The van der Waals surface area contributed by atoms with Crippen molar-refractivity contribution < 1.29 is 73.4 Å². The number of aliphatic hydroxyl groups excluding tert-OH is 4. The van der Waals surface area contributed by atoms with Gasteiger partial charge < -0.3 is 59.1 Å². The van der Waals surface area contributed by atoms with E-state index in [9.17, 15) is 45.0 Å². The van der Waals surface area contributed by atoms with E-state index in [1.54, 1.807) is 19.9 Å². The minimum atomic E-state index is -2.19. The Balaban J connectivity index is 1.44. The summed E-state index contributed by atoms with van der Waals surface area (Å²) in [6.07, 6.45) is 5.70. The molecule has 372 valence electrons. The normalized spacial score (nSPS) is 41.7. The molecule has 7 bridgehead atoms. The van der Waals surface area contributed by atoms with E-state index in [0.717, 1.165) is 0 Å². The van der Waals surface area contributed by atoms with E-state index in [2.05, 4.69) is 13.2 Å². The van der Waals surface area contributed by atoms with E-state index in [1.807, 2.05) is 25.2 Å². The third kappa shape index (κ3) is 15.5. The molecule has 4 aliphatic heterocycles. The van der Waals surface area contributed by atoms with Crippen molar-refractivity contribution in [2.45, 2.75) is 203 Å². The number of fused-ring (bicyclic) bond motifs is 6. The van der Waals surface area contributed by atoms with Crippen LogP contribution in [0.1, 0.15) is 130 Å². The molecule has 16 heteroatoms. The van der Waals surface area contributed by atoms with Crippen LogP contribution in [0.4, 0.5) is 0 Å². The Hall–Kier alpha value is -2.96. The van der Waals surface area contributed by atoms with Gasteiger partial charge in [-0.25, -0.2) is 0 Å². The second kappa shape index (κ2) is 24.0. The molecular formula is C50H75ClO15. The molecule has 5 aliphatic rings. The molecule has 16 atom stereocenters. The largest absolute Gasteiger partial charge is 0.465 e. The van der Waals surface area contributed by atoms with Gasteiger partial charge in [-0.3, -0.25) is 14.4 Å². The standard InChI is InChI=1S/C50H75ClO15/c1-30(22-36(53)19-18-31(2)51)21-35-23-40-32(3)46(45(35)57)63-44(56)25-38-24-39(62-34(5)52)27-49(65-38)29-48(6,59)26-37(64-49)15-13-14-20-61-43(55)17-12-10-8-7-9-11-16-42-33(4)41(54)28-50(60,66-42)47(40)58/h7-8,13,15,18-19,32-33,35-42,45-47,53-54,57-60H,1-2,9-12,14,16-17,20-29H2,3-6H3/b8-7-,15-13-,19-18+/t32-,33+,35-,36+,37-,38+,39-,40+,41-,42+,45+,46+,47-,48-,49-,50+/m0/s1. The second-order valence-corrected chi connectivity index (χ2v) is 20.3. The average Bonchev–Trinajstić information content (AvgIpc) is 3.20. The first-order valence-electron chi connectivity index (χ1n) is 23.8. The predicted molar refractivity (Wildman–Crippen MR) is 244 cm³/mol. The summed E-state index contributed by atoms with van der Waals surface area (Å²) in [7, 11) is 0. The van der Waals surface area contributed by atoms with Crippen LogP contribution in [0.5, 0.6) is 0 Å². The molecule has 5 rings (SSSR count). The van der Waals surface area contributed by atoms with Crippen molar-refractivity contribution in [3.63, 3.8) is 0 Å². The lowest BCUT2D eigenvalue weighted by Crippen LogP contribution is -2.62. The van der Waals surface area contributed by atoms with Crippen molar-refractivity contribution >= 4 is 29.5 Å². The molecule has 1 aliphatic carbocycles. The molecule has 0 aromatic carbocycles. The van der Waals surface area contributed by atoms with Crippen molar-refractivity contribution in [1.29, 1.82) is 0 Å². The molecule has 4 fully saturated rings. The Kier molecular flexibility index (Phi) is 19.7. The Bertz CT molecular complexity index is 1760. The molecule has 1 saturated carbocycles. The number of carbonyl (C=O) groups excluding carboxylic acids is 3. The summed E-state index contributed by atoms with van der Waals surface area (Å²) in [4.78, 5) is 38.9. The number of aliphatic hydroxyl groups is 6. The molecule has 15 nitrogen and oxygen atoms in total. The number of cyclic esters (lactones) is 1. The van der Waals surface area contributed by atoms with Crippen LogP contribution in [0.15, 0.2) is 60.2 Å². The molecule has 0 unspecified atom stereocenters. The van der Waals surface area contributed by atoms with Gasteiger partial charge in [-0.2, -0.15) is 0 Å². The summed E-state index contributed by atoms with van der Waals surface area (Å²) in [5.74, 6) is -7.83. The summed E-state index contributed by atoms with van der Waals surface area (Å²) in [6.45, 7) is 14.4. The summed E-state index contributed by atoms with van der Waals surface area (Å²) in [6, 6.07) is 0. The number of carbonyl (C=O) groups is 3. The summed E-state index contributed by atoms with van der Waals surface area (Å²) in [5, 5.41) is 70.1. The molecule has 3 saturated heterocycles. The van der Waals surface area contributed by atoms with Gasteiger partial charge in [0.1, 0.15) is 18.3 Å². The van der Waals surface area contributed by atoms with Crippen LogP contribution in [0.3, 0.4) is 0 Å². The first kappa shape index (κ1) is 54.0. The smallest absolute Gasteiger partial charge is 0.308 e. The van der Waals surface area contributed by atoms with Gasteiger partial charge >= 0.3 is 17.9 Å². The predicted octanol–water partition coefficient (Wildman–Crippen LogP) is 5.90. The van der Waals surface area contributed by atoms with E-state index in [1.165, 1.54) is 19.1 Å². The fourth-order valence-corrected chi connectivity index (χ4v) is 10.7. The van der Waals surface area contributed by atoms with Crippen LogP contribution >= 0.6 is 11.6 Å². The van der Waals surface area contributed by atoms with Crippen molar-refractivity contribution in [2.75, 3.05) is 6.61 Å². The second-order valence-electron chi connectivity index (χ2n) is 19.9. The zero-order valence-electron chi connectivity index (χ0n) is 39.1. The highest BCUT2D eigenvalue weighted by atomic mass is 35.5. The highest BCUT2D eigenvalue weighted by Crippen LogP contribution is 2.48. The molecule has 0 aromatic rings. The van der Waals surface area contributed by atoms with Gasteiger partial charge in [0.2, 0.25) is 0 Å². The first-order chi connectivity index (χ1) is 31.1. The molecule has 0 aromatic heterocycles. The zero-order valence-corrected chi connectivity index (χ0v) is 39.9. The maximum Gasteiger partial charge on any atom is 0.308 e. The van der Waals surface area contributed by atoms with E-state index in [0.29, 0.717) is 44.1 Å². The fraction of sp³-hybridized carbons (Fsp3) is 0.740. The van der Waals surface area contributed by atoms with E-state index >= 15 is 0 Å². The van der Waals surface area contributed by atoms with Crippen LogP contribution in [-0.2, 0) is 42.8 Å². The van der Waals surface area contributed by atoms with Crippen LogP contribution < -0.4 is 0 Å². The summed E-state index contributed by atoms with van der Waals surface area (Å²) in [5.41, 5.74) is -0.711. The molecule has 4 heterocycles. The van der Waals surface area contributed by atoms with Gasteiger partial charge in [0.05, 0.1) is 55.3 Å². The van der Waals surface area contributed by atoms with Gasteiger partial charge in [-0.1, -0.05) is 74.6 Å². The minimum Gasteiger partial charge on any atom is -0.465 e. The maximum atomic E-state index is 14.1. The Labute approximate surface area is 394 Å². The van der Waals surface area contributed by atoms with E-state index in [-0.39, 0.29) is 87.7 Å². The summed E-state index contributed by atoms with van der Waals surface area (Å²) >= 11 is 5.85. The maximum absolute atomic E-state index is 14.1. The van der Waals surface area contributed by atoms with Crippen LogP contribution in [0.2, 0.25) is 0 Å². The van der Waals surface area contributed by atoms with Crippen molar-refractivity contribution in [3.05, 3.63) is 60.2 Å². The highest BCUT2D eigenvalue weighted by Gasteiger charge is 2.56. The van der Waals surface area contributed by atoms with Crippen molar-refractivity contribution in [1.82, 2.24) is 0 Å². The fourth-order valence-electron chi connectivity index (χ4n) is 10.7. The van der Waals surface area contributed by atoms with Gasteiger partial charge in [0.25, 0.3) is 0 Å². The van der Waals surface area contributed by atoms with Crippen LogP contribution in [-0.4, -0.2) is 127 Å². The van der Waals surface area contributed by atoms with E-state index in [4.69, 9.17) is 40.0 Å². The molecule has 1 spiro atoms. The average molecular weight is 952 g/mol. The molecule has 0 amide bonds. The lowest BCUT2D eigenvalue weighted by atomic mass is 9.65. The number of allylic oxidation sites excluding steroid dienone is 4. The Morgan fingerprint density at radius 3 is 2.41 bits per heavy atom. The van der Waals surface area contributed by atoms with Crippen LogP contribution in [0, 0.1) is 23.7 Å². The van der Waals surface area contributed by atoms with Crippen molar-refractivity contribution in [3.8, 4) is 0 Å². The SMILES string of the molecule is C=C(Cl)/C=C/[C@@H](O)CC(=C)C[C@H]1C[C@@H]2[C@H](C)[C@@H](OC(=O)C[C@H]3C[C@H](OC(C)=O)C[C@@]4(C[C@@](C)(O)C[C@H](/C=C\CCOC(=O)CCC/C=C\CCC[C@H]5O[C@](O)(C[C@H](O)[C@H]5C)[C@H]2O)O4)O3)[C@@H]1O. The molecule has 6 N–H and O–H groups in total. The van der Waals surface area contributed by atoms with Gasteiger partial charge in [-0.15, -0.1) is 0 Å². The number of ether oxygens (including phenoxy) is 6. The van der Waals surface area contributed by atoms with Gasteiger partial charge in [0.15, 0.2) is 11.6 Å². The first-order valence-corrected chi connectivity index (χ1v) is 24.2.